The summed E-state index contributed by atoms with van der Waals surface area (Å²) in [7, 11) is 1.52. The van der Waals surface area contributed by atoms with E-state index in [9.17, 15) is 44.1 Å². The molecule has 0 saturated heterocycles. The van der Waals surface area contributed by atoms with Crippen molar-refractivity contribution in [2.75, 3.05) is 13.6 Å². The van der Waals surface area contributed by atoms with Crippen LogP contribution >= 0.6 is 0 Å². The van der Waals surface area contributed by atoms with Crippen molar-refractivity contribution in [1.29, 1.82) is 0 Å². The highest BCUT2D eigenvalue weighted by Gasteiger charge is 2.44. The van der Waals surface area contributed by atoms with Gasteiger partial charge in [0.05, 0.1) is 12.1 Å². The van der Waals surface area contributed by atoms with Crippen LogP contribution in [0.1, 0.15) is 116 Å². The van der Waals surface area contributed by atoms with Crippen LogP contribution in [0, 0.1) is 0 Å². The van der Waals surface area contributed by atoms with Gasteiger partial charge in [0.2, 0.25) is 0 Å². The largest absolute Gasteiger partial charge is 0.504 e. The molecule has 4 rings (SSSR count). The van der Waals surface area contributed by atoms with E-state index in [-0.39, 0.29) is 57.5 Å². The normalized spacial score (nSPS) is 15.0. The van der Waals surface area contributed by atoms with Gasteiger partial charge >= 0.3 is 5.97 Å². The molecule has 0 amide bonds. The zero-order chi connectivity index (χ0) is 32.2. The van der Waals surface area contributed by atoms with Crippen LogP contribution in [-0.4, -0.2) is 64.3 Å². The maximum atomic E-state index is 14.1. The number of hydrogen-bond acceptors (Lipinski definition) is 11. The summed E-state index contributed by atoms with van der Waals surface area (Å²) < 4.78 is 5.35. The molecule has 0 aromatic heterocycles. The summed E-state index contributed by atoms with van der Waals surface area (Å²) in [5.41, 5.74) is -2.89. The number of phenols is 3. The van der Waals surface area contributed by atoms with Crippen LogP contribution in [0.3, 0.4) is 0 Å². The molecule has 11 heteroatoms. The number of allylic oxidation sites excluding steroid dienone is 4. The SMILES string of the molecule is CNCC(=O)Oc1c(O)cc2c(c1C(C)C)C(=O)C(C)=C(C1=C(C)C(=O)c3c(c(C=O)c(O)c(O)c3C(C)C)C1=O)C2=O. The summed E-state index contributed by atoms with van der Waals surface area (Å²) in [5, 5.41) is 34.7. The second-order valence-corrected chi connectivity index (χ2v) is 11.1. The molecule has 0 fully saturated rings. The number of Topliss-reactive ketones (excluding diaryl/α,β-unsaturated/α-hetero) is 4. The second-order valence-electron chi connectivity index (χ2n) is 11.1. The minimum Gasteiger partial charge on any atom is -0.504 e. The molecule has 2 aliphatic carbocycles. The fraction of sp³-hybridized carbons (Fsp3) is 0.312. The summed E-state index contributed by atoms with van der Waals surface area (Å²) in [6.07, 6.45) is 0.135. The number of esters is 1. The number of carbonyl (C=O) groups excluding carboxylic acids is 6. The van der Waals surface area contributed by atoms with E-state index < -0.39 is 80.5 Å². The summed E-state index contributed by atoms with van der Waals surface area (Å²) in [5.74, 6) is -7.52. The number of ketones is 4. The number of aromatic hydroxyl groups is 3. The lowest BCUT2D eigenvalue weighted by Gasteiger charge is -2.29. The molecule has 2 aromatic carbocycles. The fourth-order valence-corrected chi connectivity index (χ4v) is 5.76. The van der Waals surface area contributed by atoms with Crippen LogP contribution in [0.15, 0.2) is 28.4 Å². The highest BCUT2D eigenvalue weighted by Crippen LogP contribution is 2.48. The summed E-state index contributed by atoms with van der Waals surface area (Å²) in [4.78, 5) is 80.2. The number of aldehydes is 1. The minimum atomic E-state index is -0.962. The quantitative estimate of drug-likeness (QED) is 0.158. The van der Waals surface area contributed by atoms with Crippen LogP contribution in [-0.2, 0) is 4.79 Å². The molecule has 0 heterocycles. The first-order valence-electron chi connectivity index (χ1n) is 13.5. The molecule has 2 aliphatic rings. The first kappa shape index (κ1) is 31.0. The Morgan fingerprint density at radius 1 is 0.814 bits per heavy atom. The molecule has 0 unspecified atom stereocenters. The van der Waals surface area contributed by atoms with Gasteiger partial charge in [0.1, 0.15) is 0 Å². The molecule has 0 aliphatic heterocycles. The third-order valence-corrected chi connectivity index (χ3v) is 7.69. The van der Waals surface area contributed by atoms with Gasteiger partial charge in [0.15, 0.2) is 52.4 Å². The van der Waals surface area contributed by atoms with Crippen LogP contribution < -0.4 is 10.1 Å². The summed E-state index contributed by atoms with van der Waals surface area (Å²) in [6.45, 7) is 9.02. The summed E-state index contributed by atoms with van der Waals surface area (Å²) >= 11 is 0. The molecule has 0 atom stereocenters. The van der Waals surface area contributed by atoms with Crippen molar-refractivity contribution in [1.82, 2.24) is 5.32 Å². The third kappa shape index (κ3) is 4.56. The Hall–Kier alpha value is -4.90. The topological polar surface area (TPSA) is 184 Å². The van der Waals surface area contributed by atoms with Gasteiger partial charge < -0.3 is 25.4 Å². The zero-order valence-corrected chi connectivity index (χ0v) is 24.7. The maximum Gasteiger partial charge on any atom is 0.325 e. The van der Waals surface area contributed by atoms with Gasteiger partial charge in [-0.05, 0) is 38.8 Å². The van der Waals surface area contributed by atoms with Gasteiger partial charge in [-0.15, -0.1) is 0 Å². The Bertz CT molecular complexity index is 1750. The minimum absolute atomic E-state index is 0.0382. The van der Waals surface area contributed by atoms with Gasteiger partial charge in [-0.3, -0.25) is 28.8 Å². The lowest BCUT2D eigenvalue weighted by molar-refractivity contribution is -0.133. The van der Waals surface area contributed by atoms with E-state index in [0.29, 0.717) is 0 Å². The third-order valence-electron chi connectivity index (χ3n) is 7.69. The Morgan fingerprint density at radius 3 is 1.86 bits per heavy atom. The van der Waals surface area contributed by atoms with Crippen LogP contribution in [0.25, 0.3) is 0 Å². The first-order valence-corrected chi connectivity index (χ1v) is 13.5. The predicted molar refractivity (Wildman–Crippen MR) is 154 cm³/mol. The average molecular weight is 590 g/mol. The van der Waals surface area contributed by atoms with Crippen molar-refractivity contribution in [2.45, 2.75) is 53.4 Å². The second kappa shape index (κ2) is 11.1. The van der Waals surface area contributed by atoms with E-state index in [2.05, 4.69) is 5.32 Å². The molecular formula is C32H31NO10. The average Bonchev–Trinajstić information content (AvgIpc) is 2.93. The summed E-state index contributed by atoms with van der Waals surface area (Å²) in [6, 6.07) is 0.979. The van der Waals surface area contributed by atoms with E-state index in [4.69, 9.17) is 4.74 Å². The van der Waals surface area contributed by atoms with E-state index in [1.165, 1.54) is 20.9 Å². The molecule has 0 bridgehead atoms. The van der Waals surface area contributed by atoms with Gasteiger partial charge in [-0.2, -0.15) is 0 Å². The van der Waals surface area contributed by atoms with Crippen molar-refractivity contribution in [3.05, 3.63) is 67.3 Å². The molecule has 0 radical (unpaired) electrons. The maximum absolute atomic E-state index is 14.1. The number of fused-ring (bicyclic) bond motifs is 2. The molecule has 0 spiro atoms. The van der Waals surface area contributed by atoms with Crippen molar-refractivity contribution < 1.29 is 48.8 Å². The Labute approximate surface area is 246 Å². The first-order chi connectivity index (χ1) is 20.1. The van der Waals surface area contributed by atoms with Crippen molar-refractivity contribution in [3.63, 3.8) is 0 Å². The highest BCUT2D eigenvalue weighted by atomic mass is 16.5. The van der Waals surface area contributed by atoms with E-state index in [1.807, 2.05) is 0 Å². The molecule has 2 aromatic rings. The lowest BCUT2D eigenvalue weighted by atomic mass is 9.71. The van der Waals surface area contributed by atoms with Gasteiger partial charge in [0.25, 0.3) is 0 Å². The number of nitrogens with one attached hydrogen (secondary N) is 1. The number of likely N-dealkylation sites (N-methyl/N-ethyl adjacent to an activating group) is 1. The smallest absolute Gasteiger partial charge is 0.325 e. The predicted octanol–water partition coefficient (Wildman–Crippen LogP) is 4.08. The van der Waals surface area contributed by atoms with Crippen LogP contribution in [0.5, 0.6) is 23.0 Å². The number of benzene rings is 2. The van der Waals surface area contributed by atoms with Gasteiger partial charge in [-0.25, -0.2) is 0 Å². The Morgan fingerprint density at radius 2 is 1.35 bits per heavy atom. The highest BCUT2D eigenvalue weighted by molar-refractivity contribution is 6.38. The number of hydrogen-bond donors (Lipinski definition) is 4. The zero-order valence-electron chi connectivity index (χ0n) is 24.7. The van der Waals surface area contributed by atoms with Gasteiger partial charge in [0, 0.05) is 55.7 Å². The van der Waals surface area contributed by atoms with Crippen molar-refractivity contribution >= 4 is 35.4 Å². The molecule has 4 N–H and O–H groups in total. The van der Waals surface area contributed by atoms with Crippen LogP contribution in [0.2, 0.25) is 0 Å². The molecule has 224 valence electrons. The Balaban J connectivity index is 2.02. The Kier molecular flexibility index (Phi) is 7.99. The van der Waals surface area contributed by atoms with Crippen molar-refractivity contribution in [3.8, 4) is 23.0 Å². The van der Waals surface area contributed by atoms with E-state index in [0.717, 1.165) is 6.07 Å². The fourth-order valence-electron chi connectivity index (χ4n) is 5.76. The monoisotopic (exact) mass is 589 g/mol. The van der Waals surface area contributed by atoms with Crippen molar-refractivity contribution in [2.24, 2.45) is 0 Å². The van der Waals surface area contributed by atoms with E-state index in [1.54, 1.807) is 27.7 Å². The molecule has 11 nitrogen and oxygen atoms in total. The number of ether oxygens (including phenoxy) is 1. The van der Waals surface area contributed by atoms with E-state index >= 15 is 0 Å². The molecular weight excluding hydrogens is 558 g/mol. The standard InChI is InChI=1S/C32H31NO10/c1-11(2)19-25-24(16(10-34)29(40)31(19)42)30(41)22(14(6)27(25)38)21-13(5)26(37)23-15(28(21)39)8-17(35)32(20(23)12(3)4)43-18(36)9-33-7/h8,10-12,33,35,40,42H,9H2,1-7H3. The van der Waals surface area contributed by atoms with Gasteiger partial charge in [-0.1, -0.05) is 27.7 Å². The number of carbonyl (C=O) groups is 6. The molecule has 0 saturated carbocycles. The lowest BCUT2D eigenvalue weighted by Crippen LogP contribution is -2.31. The van der Waals surface area contributed by atoms with Crippen LogP contribution in [0.4, 0.5) is 0 Å². The number of phenolic OH excluding ortho intramolecular Hbond substituents is 3. The molecule has 43 heavy (non-hydrogen) atoms. The number of rotatable bonds is 7.